The summed E-state index contributed by atoms with van der Waals surface area (Å²) in [5, 5.41) is 133. The lowest BCUT2D eigenvalue weighted by Gasteiger charge is -2.50. The minimum absolute atomic E-state index is 0.470. The molecular formula is C27H48O20. The summed E-state index contributed by atoms with van der Waals surface area (Å²) in [5.41, 5.74) is 0. The molecule has 20 nitrogen and oxygen atoms in total. The van der Waals surface area contributed by atoms with Gasteiger partial charge in [0, 0.05) is 0 Å². The van der Waals surface area contributed by atoms with E-state index in [1.54, 1.807) is 13.8 Å². The summed E-state index contributed by atoms with van der Waals surface area (Å²) in [7, 11) is 0. The number of hydrogen-bond acceptors (Lipinski definition) is 20. The van der Waals surface area contributed by atoms with E-state index < -0.39 is 155 Å². The van der Waals surface area contributed by atoms with Gasteiger partial charge in [-0.1, -0.05) is 13.8 Å². The Morgan fingerprint density at radius 2 is 0.830 bits per heavy atom. The molecule has 0 aliphatic carbocycles. The first kappa shape index (κ1) is 39.0. The summed E-state index contributed by atoms with van der Waals surface area (Å²) >= 11 is 0. The van der Waals surface area contributed by atoms with Crippen LogP contribution in [0.4, 0.5) is 0 Å². The van der Waals surface area contributed by atoms with Crippen molar-refractivity contribution in [3.05, 3.63) is 0 Å². The maximum Gasteiger partial charge on any atom is 0.187 e. The fourth-order valence-electron chi connectivity index (χ4n) is 6.02. The summed E-state index contributed by atoms with van der Waals surface area (Å²) in [6.07, 6.45) is -32.6. The first-order valence-electron chi connectivity index (χ1n) is 15.3. The van der Waals surface area contributed by atoms with E-state index in [1.165, 1.54) is 0 Å². The average molecular weight is 693 g/mol. The molecule has 0 spiro atoms. The minimum atomic E-state index is -1.92. The van der Waals surface area contributed by atoms with Gasteiger partial charge in [-0.25, -0.2) is 0 Å². The van der Waals surface area contributed by atoms with E-state index in [2.05, 4.69) is 0 Å². The molecule has 0 bridgehead atoms. The van der Waals surface area contributed by atoms with E-state index in [-0.39, 0.29) is 0 Å². The van der Waals surface area contributed by atoms with Gasteiger partial charge in [0.05, 0.1) is 32.5 Å². The molecule has 276 valence electrons. The van der Waals surface area contributed by atoms with Crippen molar-refractivity contribution in [3.63, 3.8) is 0 Å². The molecule has 0 aromatic carbocycles. The van der Waals surface area contributed by atoms with E-state index in [4.69, 9.17) is 33.2 Å². The van der Waals surface area contributed by atoms with Gasteiger partial charge in [0.2, 0.25) is 0 Å². The number of hydrogen-bond donors (Lipinski definition) is 13. The fraction of sp³-hybridized carbons (Fsp3) is 1.00. The van der Waals surface area contributed by atoms with Crippen LogP contribution in [0.2, 0.25) is 0 Å². The second-order valence-electron chi connectivity index (χ2n) is 12.5. The van der Waals surface area contributed by atoms with Crippen molar-refractivity contribution in [1.29, 1.82) is 0 Å². The largest absolute Gasteiger partial charge is 0.394 e. The third-order valence-corrected chi connectivity index (χ3v) is 8.91. The highest BCUT2D eigenvalue weighted by Crippen LogP contribution is 2.35. The van der Waals surface area contributed by atoms with Crippen LogP contribution in [0.5, 0.6) is 0 Å². The van der Waals surface area contributed by atoms with Crippen LogP contribution in [0, 0.1) is 5.92 Å². The van der Waals surface area contributed by atoms with Crippen molar-refractivity contribution < 1.29 is 99.5 Å². The third-order valence-electron chi connectivity index (χ3n) is 8.91. The Morgan fingerprint density at radius 1 is 0.447 bits per heavy atom. The number of rotatable bonds is 11. The van der Waals surface area contributed by atoms with Crippen LogP contribution in [0.1, 0.15) is 13.8 Å². The molecule has 4 heterocycles. The highest BCUT2D eigenvalue weighted by molar-refractivity contribution is 4.99. The van der Waals surface area contributed by atoms with Crippen LogP contribution < -0.4 is 0 Å². The van der Waals surface area contributed by atoms with Crippen molar-refractivity contribution in [2.24, 2.45) is 5.92 Å². The van der Waals surface area contributed by atoms with Gasteiger partial charge < -0.3 is 99.5 Å². The molecule has 0 unspecified atom stereocenters. The summed E-state index contributed by atoms with van der Waals surface area (Å²) in [6.45, 7) is 0.472. The smallest absolute Gasteiger partial charge is 0.187 e. The third kappa shape index (κ3) is 8.08. The van der Waals surface area contributed by atoms with Crippen molar-refractivity contribution in [2.75, 3.05) is 26.4 Å². The normalized spacial score (nSPS) is 51.3. The van der Waals surface area contributed by atoms with Gasteiger partial charge in [-0.05, 0) is 5.92 Å². The highest BCUT2D eigenvalue weighted by atomic mass is 16.7. The lowest BCUT2D eigenvalue weighted by Crippen LogP contribution is -2.67. The Kier molecular flexibility index (Phi) is 13.7. The Bertz CT molecular complexity index is 955. The Hall–Kier alpha value is -0.800. The molecule has 4 aliphatic heterocycles. The summed E-state index contributed by atoms with van der Waals surface area (Å²) in [4.78, 5) is 0. The highest BCUT2D eigenvalue weighted by Gasteiger charge is 2.55. The van der Waals surface area contributed by atoms with Crippen molar-refractivity contribution in [3.8, 4) is 0 Å². The lowest BCUT2D eigenvalue weighted by molar-refractivity contribution is -0.372. The molecule has 4 aliphatic rings. The van der Waals surface area contributed by atoms with Crippen LogP contribution >= 0.6 is 0 Å². The number of aliphatic hydroxyl groups is 13. The molecule has 0 radical (unpaired) electrons. The zero-order chi connectivity index (χ0) is 34.9. The molecule has 0 saturated carbocycles. The predicted octanol–water partition coefficient (Wildman–Crippen LogP) is -8.04. The molecule has 4 saturated heterocycles. The van der Waals surface area contributed by atoms with Gasteiger partial charge in [-0.3, -0.25) is 0 Å². The molecule has 0 aromatic rings. The Labute approximate surface area is 268 Å². The van der Waals surface area contributed by atoms with Crippen LogP contribution in [0.3, 0.4) is 0 Å². The van der Waals surface area contributed by atoms with Crippen LogP contribution in [-0.4, -0.2) is 215 Å². The van der Waals surface area contributed by atoms with Gasteiger partial charge in [0.1, 0.15) is 97.7 Å². The molecule has 13 N–H and O–H groups in total. The van der Waals surface area contributed by atoms with Gasteiger partial charge >= 0.3 is 0 Å². The second kappa shape index (κ2) is 16.5. The molecule has 0 aromatic heterocycles. The fourth-order valence-corrected chi connectivity index (χ4v) is 6.02. The summed E-state index contributed by atoms with van der Waals surface area (Å²) in [6, 6.07) is 0. The number of aliphatic hydroxyl groups excluding tert-OH is 13. The predicted molar refractivity (Wildman–Crippen MR) is 147 cm³/mol. The molecule has 4 fully saturated rings. The molecule has 0 amide bonds. The van der Waals surface area contributed by atoms with Gasteiger partial charge in [0.25, 0.3) is 0 Å². The molecule has 20 atom stereocenters. The van der Waals surface area contributed by atoms with Crippen LogP contribution in [0.25, 0.3) is 0 Å². The van der Waals surface area contributed by atoms with Gasteiger partial charge in [-0.2, -0.15) is 0 Å². The van der Waals surface area contributed by atoms with Crippen LogP contribution in [-0.2, 0) is 33.2 Å². The minimum Gasteiger partial charge on any atom is -0.394 e. The van der Waals surface area contributed by atoms with Gasteiger partial charge in [-0.15, -0.1) is 0 Å². The van der Waals surface area contributed by atoms with Crippen molar-refractivity contribution >= 4 is 0 Å². The first-order chi connectivity index (χ1) is 22.2. The van der Waals surface area contributed by atoms with Gasteiger partial charge in [0.15, 0.2) is 18.9 Å². The quantitative estimate of drug-likeness (QED) is 0.0956. The van der Waals surface area contributed by atoms with E-state index in [1.807, 2.05) is 0 Å². The SMILES string of the molecule is CC(C)[C@@H]1O[C@H](CO[C@@H]2O[C@H](CO)[C@@H](O)[C@H](O)[C@H]2O)[C@@H](O[C@@H]2O[C@H](CO)[C@@H](O)[C@H](O)[C@H]2O)[C@H](O)[C@H]1O[C@@H]1O[C@H](CO)[C@@H](O)[C@H](O)[C@H]1O. The number of ether oxygens (including phenoxy) is 7. The van der Waals surface area contributed by atoms with Crippen molar-refractivity contribution in [2.45, 2.75) is 136 Å². The lowest BCUT2D eigenvalue weighted by atomic mass is 9.88. The van der Waals surface area contributed by atoms with Crippen molar-refractivity contribution in [1.82, 2.24) is 0 Å². The average Bonchev–Trinajstić information content (AvgIpc) is 3.05. The molecule has 47 heavy (non-hydrogen) atoms. The van der Waals surface area contributed by atoms with Crippen LogP contribution in [0.15, 0.2) is 0 Å². The topological polar surface area (TPSA) is 328 Å². The van der Waals surface area contributed by atoms with E-state index in [9.17, 15) is 66.4 Å². The first-order valence-corrected chi connectivity index (χ1v) is 15.3. The standard InChI is InChI=1S/C27H48O20/c1-7(2)22-24(47-27-20(39)17(36)14(33)10(5-30)45-27)21(40)23(46-26-19(38)16(35)13(32)9(4-29)44-26)11(42-22)6-41-25-18(37)15(34)12(31)8(3-28)43-25/h7-40H,3-6H2,1-2H3/t8-,9-,10-,11-,12-,13-,14-,15+,16+,17+,18-,19-,20-,21+,22+,23-,24-,25-,26+,27+/m1/s1. The Morgan fingerprint density at radius 3 is 1.23 bits per heavy atom. The molecule has 4 rings (SSSR count). The van der Waals surface area contributed by atoms with E-state index in [0.29, 0.717) is 0 Å². The second-order valence-corrected chi connectivity index (χ2v) is 12.5. The maximum absolute atomic E-state index is 11.7. The zero-order valence-corrected chi connectivity index (χ0v) is 25.6. The van der Waals surface area contributed by atoms with E-state index in [0.717, 1.165) is 0 Å². The zero-order valence-electron chi connectivity index (χ0n) is 25.6. The van der Waals surface area contributed by atoms with E-state index >= 15 is 0 Å². The molecule has 20 heteroatoms. The Balaban J connectivity index is 1.61. The summed E-state index contributed by atoms with van der Waals surface area (Å²) < 4.78 is 39.9. The monoisotopic (exact) mass is 692 g/mol. The summed E-state index contributed by atoms with van der Waals surface area (Å²) in [5.74, 6) is -0.470. The molecular weight excluding hydrogens is 644 g/mol. The maximum atomic E-state index is 11.7.